The van der Waals surface area contributed by atoms with Gasteiger partial charge in [-0.25, -0.2) is 0 Å². The van der Waals surface area contributed by atoms with Crippen LogP contribution in [0.3, 0.4) is 0 Å². The first-order valence-corrected chi connectivity index (χ1v) is 6.59. The summed E-state index contributed by atoms with van der Waals surface area (Å²) in [6.07, 6.45) is 5.13. The van der Waals surface area contributed by atoms with Crippen LogP contribution in [0.5, 0.6) is 11.5 Å². The lowest BCUT2D eigenvalue weighted by Gasteiger charge is -1.97. The molecular weight excluding hydrogens is 272 g/mol. The highest BCUT2D eigenvalue weighted by Gasteiger charge is 2.16. The second-order valence-corrected chi connectivity index (χ2v) is 4.69. The fourth-order valence-electron chi connectivity index (χ4n) is 2.17. The third kappa shape index (κ3) is 2.33. The lowest BCUT2D eigenvalue weighted by molar-refractivity contribution is 0.174. The lowest BCUT2D eigenvalue weighted by Crippen LogP contribution is -1.92. The highest BCUT2D eigenvalue weighted by atomic mass is 16.7. The van der Waals surface area contributed by atoms with Crippen molar-refractivity contribution >= 4 is 0 Å². The van der Waals surface area contributed by atoms with Crippen LogP contribution in [0.25, 0.3) is 11.4 Å². The van der Waals surface area contributed by atoms with Crippen LogP contribution < -0.4 is 9.47 Å². The Morgan fingerprint density at radius 2 is 2.10 bits per heavy atom. The molecule has 1 aromatic carbocycles. The summed E-state index contributed by atoms with van der Waals surface area (Å²) in [5.74, 6) is 2.60. The van der Waals surface area contributed by atoms with Gasteiger partial charge in [0, 0.05) is 18.2 Å². The Morgan fingerprint density at radius 1 is 1.14 bits per heavy atom. The number of benzene rings is 1. The largest absolute Gasteiger partial charge is 0.454 e. The summed E-state index contributed by atoms with van der Waals surface area (Å²) in [5.41, 5.74) is 1.95. The van der Waals surface area contributed by atoms with Gasteiger partial charge in [-0.2, -0.15) is 10.1 Å². The molecule has 0 spiro atoms. The maximum Gasteiger partial charge on any atom is 0.231 e. The Morgan fingerprint density at radius 3 is 3.00 bits per heavy atom. The van der Waals surface area contributed by atoms with Gasteiger partial charge in [-0.05, 0) is 30.2 Å². The number of hydrogen-bond donors (Lipinski definition) is 1. The number of fused-ring (bicyclic) bond motifs is 1. The van der Waals surface area contributed by atoms with Crippen molar-refractivity contribution in [2.75, 3.05) is 6.79 Å². The van der Waals surface area contributed by atoms with Gasteiger partial charge in [0.2, 0.25) is 18.5 Å². The van der Waals surface area contributed by atoms with Crippen molar-refractivity contribution in [3.05, 3.63) is 42.0 Å². The van der Waals surface area contributed by atoms with E-state index in [1.165, 1.54) is 0 Å². The zero-order chi connectivity index (χ0) is 14.1. The zero-order valence-electron chi connectivity index (χ0n) is 11.1. The van der Waals surface area contributed by atoms with Crippen LogP contribution in [0.4, 0.5) is 0 Å². The molecule has 7 heteroatoms. The SMILES string of the molecule is c1n[nH]cc1CCc1nc(-c2ccc3c(c2)OCO3)no1. The van der Waals surface area contributed by atoms with Crippen LogP contribution in [-0.4, -0.2) is 27.1 Å². The Bertz CT molecular complexity index is 751. The molecule has 0 aliphatic carbocycles. The van der Waals surface area contributed by atoms with Gasteiger partial charge in [0.25, 0.3) is 0 Å². The van der Waals surface area contributed by atoms with E-state index >= 15 is 0 Å². The summed E-state index contributed by atoms with van der Waals surface area (Å²) in [6, 6.07) is 5.59. The Kier molecular flexibility index (Phi) is 2.81. The molecule has 7 nitrogen and oxygen atoms in total. The van der Waals surface area contributed by atoms with E-state index in [-0.39, 0.29) is 6.79 Å². The van der Waals surface area contributed by atoms with Crippen molar-refractivity contribution in [1.29, 1.82) is 0 Å². The number of hydrogen-bond acceptors (Lipinski definition) is 6. The van der Waals surface area contributed by atoms with Crippen molar-refractivity contribution in [2.45, 2.75) is 12.8 Å². The molecule has 1 aliphatic rings. The van der Waals surface area contributed by atoms with E-state index < -0.39 is 0 Å². The summed E-state index contributed by atoms with van der Waals surface area (Å²) in [6.45, 7) is 0.251. The molecule has 21 heavy (non-hydrogen) atoms. The van der Waals surface area contributed by atoms with Gasteiger partial charge in [-0.1, -0.05) is 5.16 Å². The first-order chi connectivity index (χ1) is 10.4. The number of nitrogens with one attached hydrogen (secondary N) is 1. The second kappa shape index (κ2) is 4.93. The molecular formula is C14H12N4O3. The van der Waals surface area contributed by atoms with Crippen LogP contribution >= 0.6 is 0 Å². The summed E-state index contributed by atoms with van der Waals surface area (Å²) < 4.78 is 15.9. The Hall–Kier alpha value is -2.83. The van der Waals surface area contributed by atoms with Gasteiger partial charge >= 0.3 is 0 Å². The molecule has 1 aliphatic heterocycles. The summed E-state index contributed by atoms with van der Waals surface area (Å²) in [5, 5.41) is 10.7. The molecule has 1 N–H and O–H groups in total. The van der Waals surface area contributed by atoms with E-state index in [0.717, 1.165) is 23.3 Å². The average molecular weight is 284 g/mol. The second-order valence-electron chi connectivity index (χ2n) is 4.69. The van der Waals surface area contributed by atoms with E-state index in [9.17, 15) is 0 Å². The summed E-state index contributed by atoms with van der Waals surface area (Å²) in [4.78, 5) is 4.40. The number of ether oxygens (including phenoxy) is 2. The zero-order valence-corrected chi connectivity index (χ0v) is 11.1. The van der Waals surface area contributed by atoms with Gasteiger partial charge in [0.05, 0.1) is 6.20 Å². The number of aryl methyl sites for hydroxylation is 2. The molecule has 0 fully saturated rings. The minimum absolute atomic E-state index is 0.251. The molecule has 3 aromatic rings. The van der Waals surface area contributed by atoms with Crippen molar-refractivity contribution in [2.24, 2.45) is 0 Å². The van der Waals surface area contributed by atoms with Crippen molar-refractivity contribution in [3.8, 4) is 22.9 Å². The molecule has 0 saturated carbocycles. The molecule has 106 valence electrons. The molecule has 0 atom stereocenters. The average Bonchev–Trinajstić information content (AvgIpc) is 3.25. The van der Waals surface area contributed by atoms with E-state index in [0.29, 0.717) is 23.9 Å². The fourth-order valence-corrected chi connectivity index (χ4v) is 2.17. The van der Waals surface area contributed by atoms with Crippen LogP contribution in [0.15, 0.2) is 35.1 Å². The fraction of sp³-hybridized carbons (Fsp3) is 0.214. The number of aromatic nitrogens is 4. The molecule has 0 radical (unpaired) electrons. The number of H-pyrrole nitrogens is 1. The number of rotatable bonds is 4. The molecule has 0 amide bonds. The van der Waals surface area contributed by atoms with Gasteiger partial charge < -0.3 is 14.0 Å². The minimum Gasteiger partial charge on any atom is -0.454 e. The van der Waals surface area contributed by atoms with Gasteiger partial charge in [0.15, 0.2) is 11.5 Å². The first-order valence-electron chi connectivity index (χ1n) is 6.59. The van der Waals surface area contributed by atoms with Gasteiger partial charge in [-0.15, -0.1) is 0 Å². The number of nitrogens with zero attached hydrogens (tertiary/aromatic N) is 3. The minimum atomic E-state index is 0.251. The highest BCUT2D eigenvalue weighted by Crippen LogP contribution is 2.35. The predicted molar refractivity (Wildman–Crippen MR) is 71.9 cm³/mol. The van der Waals surface area contributed by atoms with E-state index in [1.54, 1.807) is 6.20 Å². The molecule has 2 aromatic heterocycles. The Labute approximate surface area is 119 Å². The standard InChI is InChI=1S/C14H12N4O3/c1(9-6-15-16-7-9)4-13-17-14(18-21-13)10-2-3-11-12(5-10)20-8-19-11/h2-3,5-7H,1,4,8H2,(H,15,16). The van der Waals surface area contributed by atoms with Crippen molar-refractivity contribution in [3.63, 3.8) is 0 Å². The van der Waals surface area contributed by atoms with E-state index in [1.807, 2.05) is 24.4 Å². The first kappa shape index (κ1) is 12.0. The quantitative estimate of drug-likeness (QED) is 0.788. The van der Waals surface area contributed by atoms with Gasteiger partial charge in [-0.3, -0.25) is 5.10 Å². The smallest absolute Gasteiger partial charge is 0.231 e. The third-order valence-corrected chi connectivity index (χ3v) is 3.28. The van der Waals surface area contributed by atoms with Gasteiger partial charge in [0.1, 0.15) is 0 Å². The van der Waals surface area contributed by atoms with E-state index in [2.05, 4.69) is 20.3 Å². The Balaban J connectivity index is 1.51. The monoisotopic (exact) mass is 284 g/mol. The van der Waals surface area contributed by atoms with Crippen molar-refractivity contribution in [1.82, 2.24) is 20.3 Å². The summed E-state index contributed by atoms with van der Waals surface area (Å²) >= 11 is 0. The maximum atomic E-state index is 5.35. The van der Waals surface area contributed by atoms with Crippen LogP contribution in [0, 0.1) is 0 Å². The highest BCUT2D eigenvalue weighted by molar-refractivity contribution is 5.61. The normalized spacial score (nSPS) is 12.8. The predicted octanol–water partition coefficient (Wildman–Crippen LogP) is 1.97. The summed E-state index contributed by atoms with van der Waals surface area (Å²) in [7, 11) is 0. The molecule has 3 heterocycles. The molecule has 4 rings (SSSR count). The number of aromatic amines is 1. The van der Waals surface area contributed by atoms with Crippen molar-refractivity contribution < 1.29 is 14.0 Å². The maximum absolute atomic E-state index is 5.35. The third-order valence-electron chi connectivity index (χ3n) is 3.28. The molecule has 0 bridgehead atoms. The van der Waals surface area contributed by atoms with Crippen LogP contribution in [0.1, 0.15) is 11.5 Å². The molecule has 0 saturated heterocycles. The topological polar surface area (TPSA) is 86.1 Å². The molecule has 0 unspecified atom stereocenters. The lowest BCUT2D eigenvalue weighted by atomic mass is 10.2. The van der Waals surface area contributed by atoms with Crippen LogP contribution in [0.2, 0.25) is 0 Å². The van der Waals surface area contributed by atoms with Crippen LogP contribution in [-0.2, 0) is 12.8 Å². The van der Waals surface area contributed by atoms with E-state index in [4.69, 9.17) is 14.0 Å².